The number of hydrogen-bond acceptors (Lipinski definition) is 5. The predicted molar refractivity (Wildman–Crippen MR) is 124 cm³/mol. The Bertz CT molecular complexity index is 1200. The van der Waals surface area contributed by atoms with Gasteiger partial charge in [0.05, 0.1) is 10.9 Å². The molecule has 0 spiro atoms. The predicted octanol–water partition coefficient (Wildman–Crippen LogP) is 5.20. The Morgan fingerprint density at radius 3 is 2.55 bits per heavy atom. The van der Waals surface area contributed by atoms with Crippen LogP contribution in [0.3, 0.4) is 0 Å². The van der Waals surface area contributed by atoms with Crippen LogP contribution < -0.4 is 5.32 Å². The van der Waals surface area contributed by atoms with Gasteiger partial charge in [0.25, 0.3) is 0 Å². The summed E-state index contributed by atoms with van der Waals surface area (Å²) in [6.45, 7) is 1.97. The molecule has 0 amide bonds. The Hall–Kier alpha value is -1.80. The van der Waals surface area contributed by atoms with Crippen molar-refractivity contribution in [1.29, 1.82) is 0 Å². The standard InChI is InChI=1S/C23H24ClN3O2S2/c1-31(28,29)19-10-4-16(5-11-19)21-23(30-18-8-6-17(24)7-9-18)27-14-12-15-3-2-13-25-20(15)22(27)26-21/h4-11,15,20,25H,2-3,12-14H2,1H3. The first-order valence-electron chi connectivity index (χ1n) is 10.5. The molecule has 1 aromatic heterocycles. The number of benzene rings is 2. The molecule has 0 radical (unpaired) electrons. The molecule has 31 heavy (non-hydrogen) atoms. The number of aromatic nitrogens is 2. The van der Waals surface area contributed by atoms with Crippen LogP contribution in [-0.4, -0.2) is 30.8 Å². The van der Waals surface area contributed by atoms with Crippen LogP contribution in [0.2, 0.25) is 5.02 Å². The Kier molecular flexibility index (Phi) is 5.63. The van der Waals surface area contributed by atoms with E-state index in [0.717, 1.165) is 46.5 Å². The van der Waals surface area contributed by atoms with Gasteiger partial charge in [0.1, 0.15) is 16.5 Å². The van der Waals surface area contributed by atoms with Crippen molar-refractivity contribution >= 4 is 33.2 Å². The number of imidazole rings is 1. The third kappa shape index (κ3) is 4.16. The zero-order valence-electron chi connectivity index (χ0n) is 17.2. The van der Waals surface area contributed by atoms with Gasteiger partial charge in [-0.25, -0.2) is 13.4 Å². The number of piperidine rings is 1. The highest BCUT2D eigenvalue weighted by Crippen LogP contribution is 2.43. The Balaban J connectivity index is 1.60. The molecule has 2 atom stereocenters. The lowest BCUT2D eigenvalue weighted by molar-refractivity contribution is 0.213. The van der Waals surface area contributed by atoms with Crippen LogP contribution >= 0.6 is 23.4 Å². The minimum Gasteiger partial charge on any atom is -0.321 e. The second-order valence-electron chi connectivity index (χ2n) is 8.25. The molecular weight excluding hydrogens is 450 g/mol. The first kappa shape index (κ1) is 21.1. The number of rotatable bonds is 4. The summed E-state index contributed by atoms with van der Waals surface area (Å²) < 4.78 is 26.1. The number of halogens is 1. The molecular formula is C23H24ClN3O2S2. The van der Waals surface area contributed by atoms with Crippen molar-refractivity contribution in [2.24, 2.45) is 5.92 Å². The summed E-state index contributed by atoms with van der Waals surface area (Å²) >= 11 is 7.76. The van der Waals surface area contributed by atoms with Crippen molar-refractivity contribution < 1.29 is 8.42 Å². The van der Waals surface area contributed by atoms with E-state index < -0.39 is 9.84 Å². The highest BCUT2D eigenvalue weighted by molar-refractivity contribution is 7.99. The molecule has 3 aromatic rings. The zero-order chi connectivity index (χ0) is 21.6. The summed E-state index contributed by atoms with van der Waals surface area (Å²) in [5, 5.41) is 5.49. The van der Waals surface area contributed by atoms with Gasteiger partial charge < -0.3 is 9.88 Å². The summed E-state index contributed by atoms with van der Waals surface area (Å²) in [6.07, 6.45) is 4.83. The van der Waals surface area contributed by atoms with Crippen molar-refractivity contribution in [3.05, 3.63) is 59.4 Å². The Morgan fingerprint density at radius 1 is 1.10 bits per heavy atom. The van der Waals surface area contributed by atoms with E-state index in [1.807, 2.05) is 36.4 Å². The molecule has 3 heterocycles. The second-order valence-corrected chi connectivity index (χ2v) is 11.8. The summed E-state index contributed by atoms with van der Waals surface area (Å²) in [5.74, 6) is 1.71. The van der Waals surface area contributed by atoms with E-state index in [-0.39, 0.29) is 6.04 Å². The molecule has 2 aliphatic heterocycles. The maximum Gasteiger partial charge on any atom is 0.175 e. The summed E-state index contributed by atoms with van der Waals surface area (Å²) in [4.78, 5) is 6.53. The van der Waals surface area contributed by atoms with Gasteiger partial charge in [-0.3, -0.25) is 0 Å². The first-order chi connectivity index (χ1) is 14.9. The molecule has 0 saturated carbocycles. The van der Waals surface area contributed by atoms with Crippen molar-refractivity contribution in [1.82, 2.24) is 14.9 Å². The molecule has 162 valence electrons. The van der Waals surface area contributed by atoms with Gasteiger partial charge in [-0.15, -0.1) is 0 Å². The Morgan fingerprint density at radius 2 is 1.84 bits per heavy atom. The molecule has 2 aliphatic rings. The minimum absolute atomic E-state index is 0.274. The van der Waals surface area contributed by atoms with Crippen LogP contribution in [-0.2, 0) is 16.4 Å². The average Bonchev–Trinajstić information content (AvgIpc) is 3.13. The normalized spacial score (nSPS) is 20.8. The van der Waals surface area contributed by atoms with Crippen LogP contribution in [0.4, 0.5) is 0 Å². The van der Waals surface area contributed by atoms with E-state index in [1.165, 1.54) is 19.1 Å². The molecule has 2 unspecified atom stereocenters. The minimum atomic E-state index is -3.24. The van der Waals surface area contributed by atoms with Crippen LogP contribution in [0.1, 0.15) is 31.1 Å². The number of nitrogens with one attached hydrogen (secondary N) is 1. The first-order valence-corrected chi connectivity index (χ1v) is 13.6. The molecule has 0 bridgehead atoms. The molecule has 1 fully saturated rings. The number of hydrogen-bond donors (Lipinski definition) is 1. The molecule has 1 saturated heterocycles. The van der Waals surface area contributed by atoms with Crippen LogP contribution in [0.25, 0.3) is 11.3 Å². The lowest BCUT2D eigenvalue weighted by atomic mass is 9.85. The van der Waals surface area contributed by atoms with Crippen LogP contribution in [0.15, 0.2) is 63.3 Å². The molecule has 5 rings (SSSR count). The molecule has 2 aromatic carbocycles. The zero-order valence-corrected chi connectivity index (χ0v) is 19.6. The maximum atomic E-state index is 11.9. The van der Waals surface area contributed by atoms with E-state index in [9.17, 15) is 8.42 Å². The van der Waals surface area contributed by atoms with Crippen molar-refractivity contribution in [3.63, 3.8) is 0 Å². The topological polar surface area (TPSA) is 64.0 Å². The van der Waals surface area contributed by atoms with Crippen LogP contribution in [0, 0.1) is 5.92 Å². The van der Waals surface area contributed by atoms with Gasteiger partial charge in [0, 0.05) is 28.3 Å². The largest absolute Gasteiger partial charge is 0.321 e. The van der Waals surface area contributed by atoms with Crippen LogP contribution in [0.5, 0.6) is 0 Å². The van der Waals surface area contributed by atoms with Crippen molar-refractivity contribution in [2.75, 3.05) is 12.8 Å². The quantitative estimate of drug-likeness (QED) is 0.564. The number of nitrogens with zero attached hydrogens (tertiary/aromatic N) is 2. The average molecular weight is 474 g/mol. The summed E-state index contributed by atoms with van der Waals surface area (Å²) in [7, 11) is -3.24. The van der Waals surface area contributed by atoms with E-state index in [2.05, 4.69) is 9.88 Å². The lowest BCUT2D eigenvalue weighted by Gasteiger charge is -2.36. The second kappa shape index (κ2) is 8.28. The Labute approximate surface area is 192 Å². The van der Waals surface area contributed by atoms with E-state index >= 15 is 0 Å². The highest BCUT2D eigenvalue weighted by atomic mass is 35.5. The van der Waals surface area contributed by atoms with E-state index in [1.54, 1.807) is 23.9 Å². The fourth-order valence-electron chi connectivity index (χ4n) is 4.54. The van der Waals surface area contributed by atoms with Gasteiger partial charge >= 0.3 is 0 Å². The SMILES string of the molecule is CS(=O)(=O)c1ccc(-c2nc3n(c2Sc2ccc(Cl)cc2)CCC2CCCNC32)cc1. The van der Waals surface area contributed by atoms with Gasteiger partial charge in [-0.2, -0.15) is 0 Å². The third-order valence-electron chi connectivity index (χ3n) is 6.12. The van der Waals surface area contributed by atoms with Gasteiger partial charge in [-0.05, 0) is 68.1 Å². The maximum absolute atomic E-state index is 11.9. The summed E-state index contributed by atoms with van der Waals surface area (Å²) in [5.41, 5.74) is 1.83. The fourth-order valence-corrected chi connectivity index (χ4v) is 6.34. The molecule has 1 N–H and O–H groups in total. The van der Waals surface area contributed by atoms with Gasteiger partial charge in [0.15, 0.2) is 9.84 Å². The van der Waals surface area contributed by atoms with Gasteiger partial charge in [0.2, 0.25) is 0 Å². The van der Waals surface area contributed by atoms with E-state index in [4.69, 9.17) is 16.6 Å². The van der Waals surface area contributed by atoms with Crippen molar-refractivity contribution in [2.45, 2.75) is 46.7 Å². The smallest absolute Gasteiger partial charge is 0.175 e. The number of sulfone groups is 1. The molecule has 5 nitrogen and oxygen atoms in total. The summed E-state index contributed by atoms with van der Waals surface area (Å²) in [6, 6.07) is 15.2. The third-order valence-corrected chi connectivity index (χ3v) is 8.62. The van der Waals surface area contributed by atoms with Gasteiger partial charge in [-0.1, -0.05) is 35.5 Å². The number of fused-ring (bicyclic) bond motifs is 3. The fraction of sp³-hybridized carbons (Fsp3) is 0.348. The highest BCUT2D eigenvalue weighted by Gasteiger charge is 2.35. The lowest BCUT2D eigenvalue weighted by Crippen LogP contribution is -2.39. The monoisotopic (exact) mass is 473 g/mol. The molecule has 8 heteroatoms. The molecule has 0 aliphatic carbocycles. The van der Waals surface area contributed by atoms with E-state index in [0.29, 0.717) is 15.8 Å². The van der Waals surface area contributed by atoms with Crippen molar-refractivity contribution in [3.8, 4) is 11.3 Å².